The zero-order valence-electron chi connectivity index (χ0n) is 12.2. The molecular formula is C14H11F6NO2S. The molecule has 0 radical (unpaired) electrons. The molecule has 1 unspecified atom stereocenters. The zero-order valence-corrected chi connectivity index (χ0v) is 13.0. The number of carbonyl (C=O) groups excluding carboxylic acids is 1. The fourth-order valence-corrected chi connectivity index (χ4v) is 2.59. The van der Waals surface area contributed by atoms with Gasteiger partial charge in [-0.25, -0.2) is 4.79 Å². The van der Waals surface area contributed by atoms with Crippen molar-refractivity contribution in [2.45, 2.75) is 24.8 Å². The van der Waals surface area contributed by atoms with Crippen molar-refractivity contribution in [2.24, 2.45) is 0 Å². The van der Waals surface area contributed by atoms with Gasteiger partial charge in [-0.05, 0) is 24.6 Å². The van der Waals surface area contributed by atoms with Crippen molar-refractivity contribution in [3.05, 3.63) is 34.9 Å². The third-order valence-corrected chi connectivity index (χ3v) is 4.06. The van der Waals surface area contributed by atoms with Crippen LogP contribution >= 0.6 is 12.2 Å². The van der Waals surface area contributed by atoms with Gasteiger partial charge in [0.05, 0.1) is 18.2 Å². The molecule has 0 amide bonds. The molecule has 0 bridgehead atoms. The number of rotatable bonds is 2. The molecule has 0 saturated carbocycles. The van der Waals surface area contributed by atoms with E-state index < -0.39 is 41.1 Å². The minimum absolute atomic E-state index is 0.0278. The van der Waals surface area contributed by atoms with E-state index in [2.05, 4.69) is 4.74 Å². The van der Waals surface area contributed by atoms with E-state index >= 15 is 0 Å². The highest BCUT2D eigenvalue weighted by molar-refractivity contribution is 7.80. The first-order chi connectivity index (χ1) is 10.9. The van der Waals surface area contributed by atoms with Crippen molar-refractivity contribution in [3.63, 3.8) is 0 Å². The van der Waals surface area contributed by atoms with E-state index in [9.17, 15) is 31.1 Å². The van der Waals surface area contributed by atoms with Gasteiger partial charge >= 0.3 is 18.3 Å². The fourth-order valence-electron chi connectivity index (χ4n) is 2.26. The van der Waals surface area contributed by atoms with E-state index in [-0.39, 0.29) is 17.6 Å². The van der Waals surface area contributed by atoms with Crippen LogP contribution in [0.2, 0.25) is 0 Å². The number of alkyl halides is 6. The van der Waals surface area contributed by atoms with Crippen LogP contribution in [0.5, 0.6) is 0 Å². The van der Waals surface area contributed by atoms with E-state index in [1.807, 2.05) is 0 Å². The highest BCUT2D eigenvalue weighted by Gasteiger charge is 2.40. The maximum absolute atomic E-state index is 12.9. The first-order valence-electron chi connectivity index (χ1n) is 6.63. The normalized spacial score (nSPS) is 18.1. The van der Waals surface area contributed by atoms with Gasteiger partial charge in [-0.3, -0.25) is 0 Å². The van der Waals surface area contributed by atoms with Crippen LogP contribution in [0.15, 0.2) is 18.2 Å². The molecule has 2 rings (SSSR count). The Morgan fingerprint density at radius 2 is 1.62 bits per heavy atom. The molecule has 0 spiro atoms. The summed E-state index contributed by atoms with van der Waals surface area (Å²) in [7, 11) is 1.13. The topological polar surface area (TPSA) is 29.5 Å². The van der Waals surface area contributed by atoms with E-state index in [1.165, 1.54) is 4.90 Å². The SMILES string of the molecule is COC(=O)C1CCN1C(=S)c1cc(C(F)(F)F)cc(C(F)(F)F)c1. The number of ether oxygens (including phenoxy) is 1. The van der Waals surface area contributed by atoms with E-state index in [1.54, 1.807) is 0 Å². The van der Waals surface area contributed by atoms with Gasteiger partial charge in [0.25, 0.3) is 0 Å². The second kappa shape index (κ2) is 6.23. The molecule has 0 N–H and O–H groups in total. The standard InChI is InChI=1S/C14H11F6NO2S/c1-23-12(22)10-2-3-21(10)11(24)7-4-8(13(15,16)17)6-9(5-7)14(18,19)20/h4-6,10H,2-3H2,1H3. The van der Waals surface area contributed by atoms with E-state index in [0.717, 1.165) is 7.11 Å². The predicted molar refractivity (Wildman–Crippen MR) is 75.3 cm³/mol. The van der Waals surface area contributed by atoms with Crippen LogP contribution in [0.1, 0.15) is 23.1 Å². The molecule has 132 valence electrons. The molecule has 1 saturated heterocycles. The summed E-state index contributed by atoms with van der Waals surface area (Å²) in [5, 5.41) is 0. The van der Waals surface area contributed by atoms with Crippen LogP contribution in [0.3, 0.4) is 0 Å². The van der Waals surface area contributed by atoms with Crippen LogP contribution in [0, 0.1) is 0 Å². The fraction of sp³-hybridized carbons (Fsp3) is 0.429. The van der Waals surface area contributed by atoms with E-state index in [4.69, 9.17) is 12.2 Å². The van der Waals surface area contributed by atoms with Crippen molar-refractivity contribution in [2.75, 3.05) is 13.7 Å². The summed E-state index contributed by atoms with van der Waals surface area (Å²) in [5.74, 6) is -0.647. The largest absolute Gasteiger partial charge is 0.467 e. The zero-order chi connectivity index (χ0) is 18.3. The Morgan fingerprint density at radius 3 is 1.96 bits per heavy atom. The van der Waals surface area contributed by atoms with Crippen molar-refractivity contribution in [1.29, 1.82) is 0 Å². The van der Waals surface area contributed by atoms with Crippen LogP contribution < -0.4 is 0 Å². The summed E-state index contributed by atoms with van der Waals surface area (Å²) in [6.07, 6.45) is -9.55. The molecule has 0 aliphatic carbocycles. The first-order valence-corrected chi connectivity index (χ1v) is 7.04. The van der Waals surface area contributed by atoms with Crippen LogP contribution in [0.4, 0.5) is 26.3 Å². The Morgan fingerprint density at radius 1 is 1.12 bits per heavy atom. The van der Waals surface area contributed by atoms with Gasteiger partial charge in [0.1, 0.15) is 11.0 Å². The average Bonchev–Trinajstić information content (AvgIpc) is 2.43. The maximum Gasteiger partial charge on any atom is 0.416 e. The second-order valence-electron chi connectivity index (χ2n) is 5.12. The Balaban J connectivity index is 2.42. The molecule has 1 aromatic rings. The Labute approximate surface area is 138 Å². The molecule has 1 fully saturated rings. The lowest BCUT2D eigenvalue weighted by atomic mass is 9.99. The minimum Gasteiger partial charge on any atom is -0.467 e. The summed E-state index contributed by atoms with van der Waals surface area (Å²) >= 11 is 4.99. The number of nitrogens with zero attached hydrogens (tertiary/aromatic N) is 1. The molecule has 1 heterocycles. The highest BCUT2D eigenvalue weighted by atomic mass is 32.1. The quantitative estimate of drug-likeness (QED) is 0.451. The molecule has 24 heavy (non-hydrogen) atoms. The Kier molecular flexibility index (Phi) is 4.80. The molecular weight excluding hydrogens is 360 g/mol. The van der Waals surface area contributed by atoms with Gasteiger partial charge in [-0.15, -0.1) is 0 Å². The van der Waals surface area contributed by atoms with Crippen LogP contribution in [0.25, 0.3) is 0 Å². The third kappa shape index (κ3) is 3.63. The van der Waals surface area contributed by atoms with E-state index in [0.29, 0.717) is 18.6 Å². The highest BCUT2D eigenvalue weighted by Crippen LogP contribution is 2.37. The van der Waals surface area contributed by atoms with Crippen LogP contribution in [-0.4, -0.2) is 35.6 Å². The number of carbonyl (C=O) groups is 1. The summed E-state index contributed by atoms with van der Waals surface area (Å²) in [6.45, 7) is 0.246. The average molecular weight is 371 g/mol. The van der Waals surface area contributed by atoms with Gasteiger partial charge in [0, 0.05) is 12.1 Å². The number of halogens is 6. The summed E-state index contributed by atoms with van der Waals surface area (Å²) < 4.78 is 81.7. The molecule has 1 aromatic carbocycles. The molecule has 1 aliphatic heterocycles. The van der Waals surface area contributed by atoms with Gasteiger partial charge in [-0.1, -0.05) is 12.2 Å². The molecule has 1 atom stereocenters. The molecule has 0 aromatic heterocycles. The van der Waals surface area contributed by atoms with Crippen molar-refractivity contribution >= 4 is 23.2 Å². The summed E-state index contributed by atoms with van der Waals surface area (Å²) in [6, 6.07) is 0.320. The van der Waals surface area contributed by atoms with Gasteiger partial charge in [0.15, 0.2) is 0 Å². The molecule has 10 heteroatoms. The monoisotopic (exact) mass is 371 g/mol. The predicted octanol–water partition coefficient (Wildman–Crippen LogP) is 3.65. The summed E-state index contributed by atoms with van der Waals surface area (Å²) in [5.41, 5.74) is -3.32. The minimum atomic E-state index is -4.96. The smallest absolute Gasteiger partial charge is 0.416 e. The van der Waals surface area contributed by atoms with Crippen molar-refractivity contribution < 1.29 is 35.9 Å². The second-order valence-corrected chi connectivity index (χ2v) is 5.51. The lowest BCUT2D eigenvalue weighted by Crippen LogP contribution is -2.55. The number of hydrogen-bond donors (Lipinski definition) is 0. The number of benzene rings is 1. The Hall–Kier alpha value is -1.84. The van der Waals surface area contributed by atoms with Crippen LogP contribution in [-0.2, 0) is 21.9 Å². The number of thiocarbonyl (C=S) groups is 1. The number of methoxy groups -OCH3 is 1. The number of likely N-dealkylation sites (tertiary alicyclic amines) is 1. The summed E-state index contributed by atoms with van der Waals surface area (Å²) in [4.78, 5) is 12.5. The molecule has 3 nitrogen and oxygen atoms in total. The third-order valence-electron chi connectivity index (χ3n) is 3.59. The van der Waals surface area contributed by atoms with Crippen molar-refractivity contribution in [3.8, 4) is 0 Å². The lowest BCUT2D eigenvalue weighted by Gasteiger charge is -2.40. The Bertz CT molecular complexity index is 638. The molecule has 1 aliphatic rings. The lowest BCUT2D eigenvalue weighted by molar-refractivity contribution is -0.149. The van der Waals surface area contributed by atoms with Gasteiger partial charge < -0.3 is 9.64 Å². The maximum atomic E-state index is 12.9. The number of esters is 1. The van der Waals surface area contributed by atoms with Crippen molar-refractivity contribution in [1.82, 2.24) is 4.90 Å². The van der Waals surface area contributed by atoms with Gasteiger partial charge in [0.2, 0.25) is 0 Å². The van der Waals surface area contributed by atoms with Gasteiger partial charge in [-0.2, -0.15) is 26.3 Å². The first kappa shape index (κ1) is 18.5. The number of hydrogen-bond acceptors (Lipinski definition) is 3.